The second kappa shape index (κ2) is 8.99. The number of para-hydroxylation sites is 1. The molecule has 6 nitrogen and oxygen atoms in total. The number of carbonyl (C=O) groups is 2. The molecule has 0 radical (unpaired) electrons. The smallest absolute Gasteiger partial charge is 0.306 e. The molecule has 0 bridgehead atoms. The summed E-state index contributed by atoms with van der Waals surface area (Å²) in [6, 6.07) is 13.9. The summed E-state index contributed by atoms with van der Waals surface area (Å²) in [6.07, 6.45) is 1.24. The molecule has 0 aliphatic rings. The quantitative estimate of drug-likeness (QED) is 0.587. The summed E-state index contributed by atoms with van der Waals surface area (Å²) in [6.45, 7) is 0.0407. The minimum Gasteiger partial charge on any atom is -0.493 e. The van der Waals surface area contributed by atoms with Crippen LogP contribution in [-0.2, 0) is 9.59 Å². The number of benzene rings is 2. The Morgan fingerprint density at radius 3 is 2.50 bits per heavy atom. The van der Waals surface area contributed by atoms with Gasteiger partial charge < -0.3 is 15.2 Å². The number of aliphatic carboxylic acids is 1. The van der Waals surface area contributed by atoms with Crippen LogP contribution in [0, 0.1) is 17.1 Å². The van der Waals surface area contributed by atoms with Crippen molar-refractivity contribution in [3.63, 3.8) is 0 Å². The largest absolute Gasteiger partial charge is 0.493 e. The number of rotatable bonds is 7. The molecule has 0 spiro atoms. The fourth-order valence-corrected chi connectivity index (χ4v) is 1.98. The SMILES string of the molecule is N#C/C(=C\c1ccc(OCCC(=O)O)cc1)C(=O)Nc1ccccc1F. The van der Waals surface area contributed by atoms with Gasteiger partial charge in [0.15, 0.2) is 0 Å². The number of amides is 1. The van der Waals surface area contributed by atoms with Crippen molar-refractivity contribution in [2.75, 3.05) is 11.9 Å². The molecule has 0 saturated heterocycles. The van der Waals surface area contributed by atoms with Gasteiger partial charge in [0.2, 0.25) is 0 Å². The molecule has 0 heterocycles. The first-order valence-corrected chi connectivity index (χ1v) is 7.62. The third kappa shape index (κ3) is 5.46. The van der Waals surface area contributed by atoms with Crippen LogP contribution in [0.2, 0.25) is 0 Å². The minimum atomic E-state index is -0.955. The maximum Gasteiger partial charge on any atom is 0.306 e. The van der Waals surface area contributed by atoms with E-state index in [0.29, 0.717) is 11.3 Å². The summed E-state index contributed by atoms with van der Waals surface area (Å²) in [7, 11) is 0. The van der Waals surface area contributed by atoms with E-state index < -0.39 is 17.7 Å². The average molecular weight is 354 g/mol. The molecule has 2 aromatic rings. The number of anilines is 1. The molecule has 0 aliphatic carbocycles. The summed E-state index contributed by atoms with van der Waals surface area (Å²) < 4.78 is 18.8. The van der Waals surface area contributed by atoms with Gasteiger partial charge in [-0.1, -0.05) is 24.3 Å². The molecule has 7 heteroatoms. The van der Waals surface area contributed by atoms with Gasteiger partial charge in [-0.2, -0.15) is 5.26 Å². The molecule has 132 valence electrons. The Kier molecular flexibility index (Phi) is 6.46. The Morgan fingerprint density at radius 1 is 1.19 bits per heavy atom. The van der Waals surface area contributed by atoms with Crippen molar-refractivity contribution in [1.29, 1.82) is 5.26 Å². The average Bonchev–Trinajstić information content (AvgIpc) is 2.62. The molecular formula is C19H15FN2O4. The lowest BCUT2D eigenvalue weighted by molar-refractivity contribution is -0.137. The number of hydrogen-bond donors (Lipinski definition) is 2. The minimum absolute atomic E-state index is 0.0131. The second-order valence-corrected chi connectivity index (χ2v) is 5.17. The normalized spacial score (nSPS) is 10.7. The summed E-state index contributed by atoms with van der Waals surface area (Å²) in [5.41, 5.74) is 0.365. The van der Waals surface area contributed by atoms with E-state index in [1.54, 1.807) is 36.4 Å². The van der Waals surface area contributed by atoms with E-state index in [-0.39, 0.29) is 24.3 Å². The number of hydrogen-bond acceptors (Lipinski definition) is 4. The molecular weight excluding hydrogens is 339 g/mol. The van der Waals surface area contributed by atoms with Crippen molar-refractivity contribution in [2.45, 2.75) is 6.42 Å². The fourth-order valence-electron chi connectivity index (χ4n) is 1.98. The fraction of sp³-hybridized carbons (Fsp3) is 0.105. The molecule has 26 heavy (non-hydrogen) atoms. The molecule has 0 aromatic heterocycles. The predicted octanol–water partition coefficient (Wildman–Crippen LogP) is 3.22. The second-order valence-electron chi connectivity index (χ2n) is 5.17. The lowest BCUT2D eigenvalue weighted by Crippen LogP contribution is -2.14. The summed E-state index contributed by atoms with van der Waals surface area (Å²) in [5.74, 6) is -1.80. The van der Waals surface area contributed by atoms with Crippen molar-refractivity contribution in [3.8, 4) is 11.8 Å². The van der Waals surface area contributed by atoms with Crippen LogP contribution in [0.3, 0.4) is 0 Å². The summed E-state index contributed by atoms with van der Waals surface area (Å²) in [4.78, 5) is 22.6. The van der Waals surface area contributed by atoms with E-state index in [0.717, 1.165) is 0 Å². The molecule has 0 unspecified atom stereocenters. The summed E-state index contributed by atoms with van der Waals surface area (Å²) in [5, 5.41) is 20.1. The first kappa shape index (κ1) is 18.7. The number of nitrogens with one attached hydrogen (secondary N) is 1. The highest BCUT2D eigenvalue weighted by atomic mass is 19.1. The Bertz CT molecular complexity index is 870. The number of nitriles is 1. The lowest BCUT2D eigenvalue weighted by Gasteiger charge is -2.06. The number of nitrogens with zero attached hydrogens (tertiary/aromatic N) is 1. The standard InChI is InChI=1S/C19H15FN2O4/c20-16-3-1-2-4-17(16)22-19(25)14(12-21)11-13-5-7-15(8-6-13)26-10-9-18(23)24/h1-8,11H,9-10H2,(H,22,25)(H,23,24)/b14-11+. The lowest BCUT2D eigenvalue weighted by atomic mass is 10.1. The van der Waals surface area contributed by atoms with E-state index in [4.69, 9.17) is 9.84 Å². The first-order chi connectivity index (χ1) is 12.5. The first-order valence-electron chi connectivity index (χ1n) is 7.62. The van der Waals surface area contributed by atoms with Crippen molar-refractivity contribution in [2.24, 2.45) is 0 Å². The van der Waals surface area contributed by atoms with Gasteiger partial charge >= 0.3 is 5.97 Å². The third-order valence-corrected chi connectivity index (χ3v) is 3.26. The van der Waals surface area contributed by atoms with E-state index in [1.807, 2.05) is 0 Å². The number of carbonyl (C=O) groups excluding carboxylic acids is 1. The maximum absolute atomic E-state index is 13.6. The zero-order chi connectivity index (χ0) is 18.9. The molecule has 0 atom stereocenters. The topological polar surface area (TPSA) is 99.4 Å². The number of halogens is 1. The van der Waals surface area contributed by atoms with Gasteiger partial charge in [-0.25, -0.2) is 4.39 Å². The summed E-state index contributed by atoms with van der Waals surface area (Å²) >= 11 is 0. The number of ether oxygens (including phenoxy) is 1. The van der Waals surface area contributed by atoms with Crippen LogP contribution in [-0.4, -0.2) is 23.6 Å². The number of carboxylic acid groups (broad SMARTS) is 1. The van der Waals surface area contributed by atoms with Gasteiger partial charge in [0.1, 0.15) is 23.2 Å². The molecule has 0 aliphatic heterocycles. The number of carboxylic acids is 1. The highest BCUT2D eigenvalue weighted by Crippen LogP contribution is 2.17. The van der Waals surface area contributed by atoms with Crippen LogP contribution >= 0.6 is 0 Å². The van der Waals surface area contributed by atoms with E-state index in [2.05, 4.69) is 5.32 Å². The van der Waals surface area contributed by atoms with Gasteiger partial charge in [-0.3, -0.25) is 9.59 Å². The van der Waals surface area contributed by atoms with Crippen LogP contribution in [0.5, 0.6) is 5.75 Å². The van der Waals surface area contributed by atoms with Crippen molar-refractivity contribution < 1.29 is 23.8 Å². The highest BCUT2D eigenvalue weighted by Gasteiger charge is 2.11. The van der Waals surface area contributed by atoms with Gasteiger partial charge in [0.25, 0.3) is 5.91 Å². The maximum atomic E-state index is 13.6. The van der Waals surface area contributed by atoms with Gasteiger partial charge in [-0.15, -0.1) is 0 Å². The van der Waals surface area contributed by atoms with Crippen molar-refractivity contribution in [1.82, 2.24) is 0 Å². The molecule has 1 amide bonds. The van der Waals surface area contributed by atoms with E-state index >= 15 is 0 Å². The van der Waals surface area contributed by atoms with Gasteiger partial charge in [0.05, 0.1) is 18.7 Å². The predicted molar refractivity (Wildman–Crippen MR) is 92.8 cm³/mol. The van der Waals surface area contributed by atoms with Crippen molar-refractivity contribution >= 4 is 23.6 Å². The van der Waals surface area contributed by atoms with Gasteiger partial charge in [0, 0.05) is 0 Å². The highest BCUT2D eigenvalue weighted by molar-refractivity contribution is 6.09. The molecule has 0 fully saturated rings. The Balaban J connectivity index is 2.06. The Labute approximate surface area is 149 Å². The van der Waals surface area contributed by atoms with Gasteiger partial charge in [-0.05, 0) is 35.9 Å². The van der Waals surface area contributed by atoms with Crippen LogP contribution in [0.1, 0.15) is 12.0 Å². The third-order valence-electron chi connectivity index (χ3n) is 3.26. The Morgan fingerprint density at radius 2 is 1.88 bits per heavy atom. The van der Waals surface area contributed by atoms with Crippen LogP contribution in [0.4, 0.5) is 10.1 Å². The zero-order valence-electron chi connectivity index (χ0n) is 13.6. The van der Waals surface area contributed by atoms with Crippen molar-refractivity contribution in [3.05, 3.63) is 65.5 Å². The molecule has 2 N–H and O–H groups in total. The van der Waals surface area contributed by atoms with E-state index in [1.165, 1.54) is 24.3 Å². The molecule has 2 aromatic carbocycles. The Hall–Kier alpha value is -3.66. The molecule has 0 saturated carbocycles. The monoisotopic (exact) mass is 354 g/mol. The molecule has 2 rings (SSSR count). The zero-order valence-corrected chi connectivity index (χ0v) is 13.6. The van der Waals surface area contributed by atoms with Crippen LogP contribution < -0.4 is 10.1 Å². The van der Waals surface area contributed by atoms with E-state index in [9.17, 15) is 19.2 Å². The van der Waals surface area contributed by atoms with Crippen LogP contribution in [0.15, 0.2) is 54.1 Å². The van der Waals surface area contributed by atoms with Crippen LogP contribution in [0.25, 0.3) is 6.08 Å².